The van der Waals surface area contributed by atoms with Gasteiger partial charge in [-0.15, -0.1) is 0 Å². The predicted molar refractivity (Wildman–Crippen MR) is 120 cm³/mol. The van der Waals surface area contributed by atoms with Crippen molar-refractivity contribution in [3.63, 3.8) is 0 Å². The SMILES string of the molecule is O=C(c1ccccc1)N1CCN(c2ccc(Cl)cc2)C(c2ccc(Cl)cc2Cl)C1. The van der Waals surface area contributed by atoms with Gasteiger partial charge in [0.1, 0.15) is 0 Å². The normalized spacial score (nSPS) is 16.7. The Kier molecular flexibility index (Phi) is 6.00. The number of hydrogen-bond donors (Lipinski definition) is 0. The molecule has 6 heteroatoms. The third-order valence-electron chi connectivity index (χ3n) is 5.17. The predicted octanol–water partition coefficient (Wildman–Crippen LogP) is 6.35. The second-order valence-electron chi connectivity index (χ2n) is 6.97. The summed E-state index contributed by atoms with van der Waals surface area (Å²) in [4.78, 5) is 17.2. The third kappa shape index (κ3) is 4.37. The molecule has 1 unspecified atom stereocenters. The number of halogens is 3. The van der Waals surface area contributed by atoms with E-state index in [9.17, 15) is 4.79 Å². The second-order valence-corrected chi connectivity index (χ2v) is 8.25. The molecule has 0 bridgehead atoms. The average Bonchev–Trinajstić information content (AvgIpc) is 2.74. The van der Waals surface area contributed by atoms with Gasteiger partial charge in [0, 0.05) is 46.0 Å². The molecule has 1 saturated heterocycles. The average molecular weight is 446 g/mol. The first kappa shape index (κ1) is 20.1. The maximum absolute atomic E-state index is 13.0. The number of anilines is 1. The molecule has 1 heterocycles. The molecule has 1 atom stereocenters. The number of benzene rings is 3. The summed E-state index contributed by atoms with van der Waals surface area (Å²) in [5.41, 5.74) is 2.67. The minimum atomic E-state index is -0.0950. The molecule has 148 valence electrons. The maximum atomic E-state index is 13.0. The van der Waals surface area contributed by atoms with Crippen LogP contribution in [0.25, 0.3) is 0 Å². The van der Waals surface area contributed by atoms with Gasteiger partial charge >= 0.3 is 0 Å². The summed E-state index contributed by atoms with van der Waals surface area (Å²) in [5.74, 6) is 0.0245. The van der Waals surface area contributed by atoms with Crippen LogP contribution in [0, 0.1) is 0 Å². The van der Waals surface area contributed by atoms with E-state index in [1.165, 1.54) is 0 Å². The van der Waals surface area contributed by atoms with Gasteiger partial charge in [-0.2, -0.15) is 0 Å². The van der Waals surface area contributed by atoms with E-state index in [0.717, 1.165) is 11.3 Å². The van der Waals surface area contributed by atoms with Crippen LogP contribution in [0.2, 0.25) is 15.1 Å². The molecule has 3 aromatic rings. The van der Waals surface area contributed by atoms with E-state index < -0.39 is 0 Å². The van der Waals surface area contributed by atoms with E-state index in [1.54, 1.807) is 6.07 Å². The fourth-order valence-corrected chi connectivity index (χ4v) is 4.37. The highest BCUT2D eigenvalue weighted by molar-refractivity contribution is 6.35. The van der Waals surface area contributed by atoms with E-state index in [0.29, 0.717) is 40.3 Å². The molecule has 1 aliphatic heterocycles. The highest BCUT2D eigenvalue weighted by Crippen LogP contribution is 2.36. The van der Waals surface area contributed by atoms with Crippen molar-refractivity contribution < 1.29 is 4.79 Å². The molecule has 4 rings (SSSR count). The quantitative estimate of drug-likeness (QED) is 0.469. The zero-order valence-electron chi connectivity index (χ0n) is 15.6. The maximum Gasteiger partial charge on any atom is 0.253 e. The molecule has 1 fully saturated rings. The monoisotopic (exact) mass is 444 g/mol. The van der Waals surface area contributed by atoms with Gasteiger partial charge < -0.3 is 9.80 Å². The summed E-state index contributed by atoms with van der Waals surface area (Å²) in [6.45, 7) is 1.83. The van der Waals surface area contributed by atoms with Crippen LogP contribution in [0.4, 0.5) is 5.69 Å². The molecule has 0 spiro atoms. The first-order chi connectivity index (χ1) is 14.0. The lowest BCUT2D eigenvalue weighted by molar-refractivity contribution is 0.0722. The van der Waals surface area contributed by atoms with Crippen LogP contribution in [-0.2, 0) is 0 Å². The van der Waals surface area contributed by atoms with Gasteiger partial charge in [-0.05, 0) is 54.1 Å². The van der Waals surface area contributed by atoms with Crippen molar-refractivity contribution in [2.75, 3.05) is 24.5 Å². The third-order valence-corrected chi connectivity index (χ3v) is 5.98. The van der Waals surface area contributed by atoms with Crippen LogP contribution in [0.15, 0.2) is 72.8 Å². The van der Waals surface area contributed by atoms with Crippen molar-refractivity contribution >= 4 is 46.4 Å². The Balaban J connectivity index is 1.68. The molecular formula is C23H19Cl3N2O. The Morgan fingerprint density at radius 3 is 2.21 bits per heavy atom. The Bertz CT molecular complexity index is 1010. The number of carbonyl (C=O) groups excluding carboxylic acids is 1. The topological polar surface area (TPSA) is 23.6 Å². The minimum absolute atomic E-state index is 0.0245. The molecule has 0 saturated carbocycles. The lowest BCUT2D eigenvalue weighted by Gasteiger charge is -2.43. The summed E-state index contributed by atoms with van der Waals surface area (Å²) >= 11 is 18.7. The van der Waals surface area contributed by atoms with Crippen molar-refractivity contribution in [2.45, 2.75) is 6.04 Å². The molecule has 0 radical (unpaired) electrons. The molecule has 3 nitrogen and oxygen atoms in total. The van der Waals surface area contributed by atoms with Crippen molar-refractivity contribution in [1.82, 2.24) is 4.90 Å². The van der Waals surface area contributed by atoms with Crippen LogP contribution in [0.5, 0.6) is 0 Å². The van der Waals surface area contributed by atoms with Crippen LogP contribution in [0.1, 0.15) is 22.0 Å². The molecule has 1 amide bonds. The first-order valence-electron chi connectivity index (χ1n) is 9.34. The van der Waals surface area contributed by atoms with Gasteiger partial charge in [0.25, 0.3) is 5.91 Å². The highest BCUT2D eigenvalue weighted by Gasteiger charge is 2.32. The number of piperazine rings is 1. The molecular weight excluding hydrogens is 427 g/mol. The van der Waals surface area contributed by atoms with E-state index in [-0.39, 0.29) is 11.9 Å². The van der Waals surface area contributed by atoms with Gasteiger partial charge in [-0.1, -0.05) is 59.1 Å². The molecule has 29 heavy (non-hydrogen) atoms. The summed E-state index contributed by atoms with van der Waals surface area (Å²) in [6, 6.07) is 22.5. The molecule has 0 N–H and O–H groups in total. The van der Waals surface area contributed by atoms with Crippen LogP contribution >= 0.6 is 34.8 Å². The summed E-state index contributed by atoms with van der Waals surface area (Å²) in [6.07, 6.45) is 0. The van der Waals surface area contributed by atoms with Crippen molar-refractivity contribution in [1.29, 1.82) is 0 Å². The molecule has 3 aromatic carbocycles. The largest absolute Gasteiger partial charge is 0.361 e. The number of carbonyl (C=O) groups is 1. The van der Waals surface area contributed by atoms with Crippen LogP contribution < -0.4 is 4.90 Å². The lowest BCUT2D eigenvalue weighted by Crippen LogP contribution is -2.50. The number of amides is 1. The number of nitrogens with zero attached hydrogens (tertiary/aromatic N) is 2. The van der Waals surface area contributed by atoms with E-state index >= 15 is 0 Å². The Labute approximate surface area is 185 Å². The van der Waals surface area contributed by atoms with Crippen molar-refractivity contribution in [2.24, 2.45) is 0 Å². The van der Waals surface area contributed by atoms with Gasteiger partial charge in [-0.3, -0.25) is 4.79 Å². The molecule has 0 aliphatic carbocycles. The smallest absolute Gasteiger partial charge is 0.253 e. The Morgan fingerprint density at radius 2 is 1.52 bits per heavy atom. The highest BCUT2D eigenvalue weighted by atomic mass is 35.5. The summed E-state index contributed by atoms with van der Waals surface area (Å²) < 4.78 is 0. The van der Waals surface area contributed by atoms with Crippen molar-refractivity contribution in [3.05, 3.63) is 99.0 Å². The second kappa shape index (κ2) is 8.66. The Hall–Kier alpha value is -2.20. The minimum Gasteiger partial charge on any atom is -0.361 e. The fourth-order valence-electron chi connectivity index (χ4n) is 3.71. The van der Waals surface area contributed by atoms with Gasteiger partial charge in [0.15, 0.2) is 0 Å². The van der Waals surface area contributed by atoms with Gasteiger partial charge in [-0.25, -0.2) is 0 Å². The van der Waals surface area contributed by atoms with E-state index in [1.807, 2.05) is 71.6 Å². The van der Waals surface area contributed by atoms with Gasteiger partial charge in [0.05, 0.1) is 6.04 Å². The van der Waals surface area contributed by atoms with Crippen LogP contribution in [-0.4, -0.2) is 30.4 Å². The summed E-state index contributed by atoms with van der Waals surface area (Å²) in [5, 5.41) is 1.87. The number of hydrogen-bond acceptors (Lipinski definition) is 2. The van der Waals surface area contributed by atoms with Crippen molar-refractivity contribution in [3.8, 4) is 0 Å². The molecule has 1 aliphatic rings. The zero-order chi connectivity index (χ0) is 20.4. The standard InChI is InChI=1S/C23H19Cl3N2O/c24-17-6-9-19(10-7-17)28-13-12-27(23(29)16-4-2-1-3-5-16)15-22(28)20-11-8-18(25)14-21(20)26/h1-11,14,22H,12-13,15H2. The van der Waals surface area contributed by atoms with Crippen LogP contribution in [0.3, 0.4) is 0 Å². The fraction of sp³-hybridized carbons (Fsp3) is 0.174. The van der Waals surface area contributed by atoms with E-state index in [4.69, 9.17) is 34.8 Å². The Morgan fingerprint density at radius 1 is 0.828 bits per heavy atom. The van der Waals surface area contributed by atoms with E-state index in [2.05, 4.69) is 4.90 Å². The lowest BCUT2D eigenvalue weighted by atomic mass is 10.0. The van der Waals surface area contributed by atoms with Gasteiger partial charge in [0.2, 0.25) is 0 Å². The summed E-state index contributed by atoms with van der Waals surface area (Å²) in [7, 11) is 0. The molecule has 0 aromatic heterocycles. The number of rotatable bonds is 3. The zero-order valence-corrected chi connectivity index (χ0v) is 17.8. The first-order valence-corrected chi connectivity index (χ1v) is 10.5.